The number of anilines is 2. The monoisotopic (exact) mass is 247 g/mol. The molecule has 0 saturated carbocycles. The summed E-state index contributed by atoms with van der Waals surface area (Å²) < 4.78 is 1.76. The first kappa shape index (κ1) is 12.3. The van der Waals surface area contributed by atoms with Gasteiger partial charge < -0.3 is 11.1 Å². The zero-order valence-electron chi connectivity index (χ0n) is 10.6. The van der Waals surface area contributed by atoms with E-state index in [2.05, 4.69) is 25.4 Å². The van der Waals surface area contributed by atoms with Gasteiger partial charge in [0.15, 0.2) is 0 Å². The summed E-state index contributed by atoms with van der Waals surface area (Å²) in [7, 11) is 0. The average molecular weight is 247 g/mol. The van der Waals surface area contributed by atoms with Crippen LogP contribution in [0.4, 0.5) is 11.8 Å². The Labute approximate surface area is 105 Å². The maximum Gasteiger partial charge on any atom is 0.222 e. The normalized spacial score (nSPS) is 10.6. The highest BCUT2D eigenvalue weighted by atomic mass is 15.3. The zero-order valence-corrected chi connectivity index (χ0v) is 10.6. The average Bonchev–Trinajstić information content (AvgIpc) is 2.86. The smallest absolute Gasteiger partial charge is 0.222 e. The largest absolute Gasteiger partial charge is 0.368 e. The van der Waals surface area contributed by atoms with Crippen LogP contribution in [0, 0.1) is 6.92 Å². The molecule has 0 radical (unpaired) electrons. The van der Waals surface area contributed by atoms with E-state index < -0.39 is 0 Å². The van der Waals surface area contributed by atoms with Gasteiger partial charge in [-0.2, -0.15) is 10.1 Å². The van der Waals surface area contributed by atoms with Gasteiger partial charge in [0, 0.05) is 12.1 Å². The number of nitrogens with zero attached hydrogens (tertiary/aromatic N) is 5. The molecule has 0 spiro atoms. The van der Waals surface area contributed by atoms with Crippen LogP contribution in [0.5, 0.6) is 0 Å². The Morgan fingerprint density at radius 3 is 2.89 bits per heavy atom. The van der Waals surface area contributed by atoms with Gasteiger partial charge in [-0.05, 0) is 13.3 Å². The molecule has 0 aliphatic heterocycles. The van der Waals surface area contributed by atoms with Crippen molar-refractivity contribution in [2.75, 3.05) is 17.6 Å². The van der Waals surface area contributed by atoms with Crippen molar-refractivity contribution in [3.8, 4) is 0 Å². The van der Waals surface area contributed by atoms with Crippen LogP contribution in [-0.4, -0.2) is 31.3 Å². The molecule has 2 aromatic heterocycles. The summed E-state index contributed by atoms with van der Waals surface area (Å²) in [6.45, 7) is 5.48. The van der Waals surface area contributed by atoms with E-state index in [1.807, 2.05) is 13.8 Å². The molecule has 0 aliphatic carbocycles. The van der Waals surface area contributed by atoms with Crippen LogP contribution in [0.2, 0.25) is 0 Å². The fourth-order valence-electron chi connectivity index (χ4n) is 1.74. The van der Waals surface area contributed by atoms with Crippen molar-refractivity contribution < 1.29 is 0 Å². The van der Waals surface area contributed by atoms with Gasteiger partial charge in [-0.1, -0.05) is 6.92 Å². The first-order chi connectivity index (χ1) is 8.70. The Balaban J connectivity index is 2.02. The van der Waals surface area contributed by atoms with Crippen molar-refractivity contribution >= 4 is 11.8 Å². The SMILES string of the molecule is CCc1nc(N)nc(NCCn2cncn2)c1C. The first-order valence-corrected chi connectivity index (χ1v) is 5.90. The van der Waals surface area contributed by atoms with Crippen molar-refractivity contribution in [3.63, 3.8) is 0 Å². The number of nitrogen functional groups attached to an aromatic ring is 1. The quantitative estimate of drug-likeness (QED) is 0.805. The van der Waals surface area contributed by atoms with E-state index in [0.29, 0.717) is 12.5 Å². The number of aryl methyl sites for hydroxylation is 1. The van der Waals surface area contributed by atoms with Crippen LogP contribution in [0.25, 0.3) is 0 Å². The van der Waals surface area contributed by atoms with Crippen molar-refractivity contribution in [2.24, 2.45) is 0 Å². The second-order valence-electron chi connectivity index (χ2n) is 3.94. The summed E-state index contributed by atoms with van der Waals surface area (Å²) in [5.74, 6) is 1.10. The summed E-state index contributed by atoms with van der Waals surface area (Å²) in [6, 6.07) is 0. The lowest BCUT2D eigenvalue weighted by Gasteiger charge is -2.11. The number of nitrogens with two attached hydrogens (primary N) is 1. The maximum atomic E-state index is 5.68. The first-order valence-electron chi connectivity index (χ1n) is 5.90. The predicted molar refractivity (Wildman–Crippen MR) is 69.1 cm³/mol. The van der Waals surface area contributed by atoms with E-state index in [1.165, 1.54) is 6.33 Å². The minimum atomic E-state index is 0.306. The van der Waals surface area contributed by atoms with Gasteiger partial charge in [-0.15, -0.1) is 0 Å². The van der Waals surface area contributed by atoms with E-state index >= 15 is 0 Å². The molecule has 0 atom stereocenters. The molecule has 0 amide bonds. The van der Waals surface area contributed by atoms with Gasteiger partial charge >= 0.3 is 0 Å². The number of hydrogen-bond donors (Lipinski definition) is 2. The molecule has 3 N–H and O–H groups in total. The molecular formula is C11H17N7. The molecule has 2 heterocycles. The van der Waals surface area contributed by atoms with E-state index in [0.717, 1.165) is 30.0 Å². The molecule has 2 rings (SSSR count). The number of aromatic nitrogens is 5. The minimum absolute atomic E-state index is 0.306. The van der Waals surface area contributed by atoms with Crippen LogP contribution < -0.4 is 11.1 Å². The second-order valence-corrected chi connectivity index (χ2v) is 3.94. The van der Waals surface area contributed by atoms with Gasteiger partial charge in [0.1, 0.15) is 18.5 Å². The standard InChI is InChI=1S/C11H17N7/c1-3-9-8(2)10(17-11(12)16-9)14-4-5-18-7-13-6-15-18/h6-7H,3-5H2,1-2H3,(H3,12,14,16,17). The van der Waals surface area contributed by atoms with E-state index in [-0.39, 0.29) is 0 Å². The van der Waals surface area contributed by atoms with Crippen molar-refractivity contribution in [1.82, 2.24) is 24.7 Å². The van der Waals surface area contributed by atoms with Crippen LogP contribution in [0.15, 0.2) is 12.7 Å². The summed E-state index contributed by atoms with van der Waals surface area (Å²) in [4.78, 5) is 12.3. The Kier molecular flexibility index (Phi) is 3.71. The van der Waals surface area contributed by atoms with Gasteiger partial charge in [0.25, 0.3) is 0 Å². The molecule has 0 unspecified atom stereocenters. The highest BCUT2D eigenvalue weighted by Gasteiger charge is 2.07. The molecule has 2 aromatic rings. The van der Waals surface area contributed by atoms with Gasteiger partial charge in [0.05, 0.1) is 12.2 Å². The third-order valence-corrected chi connectivity index (χ3v) is 2.70. The summed E-state index contributed by atoms with van der Waals surface area (Å²) in [6.07, 6.45) is 4.04. The lowest BCUT2D eigenvalue weighted by Crippen LogP contribution is -2.14. The van der Waals surface area contributed by atoms with Gasteiger partial charge in [-0.25, -0.2) is 9.97 Å². The molecule has 0 aliphatic rings. The molecule has 96 valence electrons. The third-order valence-electron chi connectivity index (χ3n) is 2.70. The topological polar surface area (TPSA) is 94.5 Å². The lowest BCUT2D eigenvalue weighted by atomic mass is 10.2. The summed E-state index contributed by atoms with van der Waals surface area (Å²) in [5.41, 5.74) is 7.70. The molecule has 0 saturated heterocycles. The van der Waals surface area contributed by atoms with Gasteiger partial charge in [-0.3, -0.25) is 4.68 Å². The van der Waals surface area contributed by atoms with Crippen LogP contribution in [0.1, 0.15) is 18.2 Å². The fraction of sp³-hybridized carbons (Fsp3) is 0.455. The van der Waals surface area contributed by atoms with Crippen LogP contribution in [0.3, 0.4) is 0 Å². The summed E-state index contributed by atoms with van der Waals surface area (Å²) in [5, 5.41) is 7.28. The highest BCUT2D eigenvalue weighted by Crippen LogP contribution is 2.16. The minimum Gasteiger partial charge on any atom is -0.368 e. The van der Waals surface area contributed by atoms with E-state index in [1.54, 1.807) is 11.0 Å². The molecule has 0 fully saturated rings. The fourth-order valence-corrected chi connectivity index (χ4v) is 1.74. The van der Waals surface area contributed by atoms with E-state index in [4.69, 9.17) is 5.73 Å². The molecule has 7 heteroatoms. The zero-order chi connectivity index (χ0) is 13.0. The Bertz CT molecular complexity index is 506. The highest BCUT2D eigenvalue weighted by molar-refractivity contribution is 5.48. The lowest BCUT2D eigenvalue weighted by molar-refractivity contribution is 0.635. The predicted octanol–water partition coefficient (Wildman–Crippen LogP) is 0.633. The number of hydrogen-bond acceptors (Lipinski definition) is 6. The Morgan fingerprint density at radius 1 is 1.39 bits per heavy atom. The molecule has 0 aromatic carbocycles. The van der Waals surface area contributed by atoms with Crippen molar-refractivity contribution in [3.05, 3.63) is 23.9 Å². The van der Waals surface area contributed by atoms with Crippen LogP contribution in [-0.2, 0) is 13.0 Å². The summed E-state index contributed by atoms with van der Waals surface area (Å²) >= 11 is 0. The van der Waals surface area contributed by atoms with Crippen molar-refractivity contribution in [2.45, 2.75) is 26.8 Å². The maximum absolute atomic E-state index is 5.68. The molecule has 7 nitrogen and oxygen atoms in total. The second kappa shape index (κ2) is 5.44. The van der Waals surface area contributed by atoms with Crippen LogP contribution >= 0.6 is 0 Å². The van der Waals surface area contributed by atoms with Gasteiger partial charge in [0.2, 0.25) is 5.95 Å². The Hall–Kier alpha value is -2.18. The molecule has 18 heavy (non-hydrogen) atoms. The van der Waals surface area contributed by atoms with E-state index in [9.17, 15) is 0 Å². The molecule has 0 bridgehead atoms. The molecular weight excluding hydrogens is 230 g/mol. The number of nitrogens with one attached hydrogen (secondary N) is 1. The third kappa shape index (κ3) is 2.73. The number of rotatable bonds is 5. The van der Waals surface area contributed by atoms with Crippen molar-refractivity contribution in [1.29, 1.82) is 0 Å². The Morgan fingerprint density at radius 2 is 2.22 bits per heavy atom.